The fourth-order valence-electron chi connectivity index (χ4n) is 5.39. The van der Waals surface area contributed by atoms with Crippen LogP contribution in [0.25, 0.3) is 0 Å². The van der Waals surface area contributed by atoms with Crippen molar-refractivity contribution < 1.29 is 4.79 Å². The molecule has 1 fully saturated rings. The first-order valence-corrected chi connectivity index (χ1v) is 12.6. The number of fused-ring (bicyclic) bond motifs is 4. The number of benzene rings is 2. The lowest BCUT2D eigenvalue weighted by Gasteiger charge is -2.40. The normalized spacial score (nSPS) is 18.9. The van der Waals surface area contributed by atoms with E-state index in [2.05, 4.69) is 50.7 Å². The smallest absolute Gasteiger partial charge is 0.253 e. The van der Waals surface area contributed by atoms with E-state index in [9.17, 15) is 4.79 Å². The Morgan fingerprint density at radius 3 is 2.66 bits per heavy atom. The van der Waals surface area contributed by atoms with Crippen LogP contribution >= 0.6 is 23.2 Å². The molecule has 3 aromatic rings. The quantitative estimate of drug-likeness (QED) is 0.371. The molecule has 2 aliphatic heterocycles. The summed E-state index contributed by atoms with van der Waals surface area (Å²) in [5.41, 5.74) is 4.39. The first-order chi connectivity index (χ1) is 16.9. The third-order valence-electron chi connectivity index (χ3n) is 6.85. The molecule has 9 heteroatoms. The van der Waals surface area contributed by atoms with Crippen LogP contribution in [0.1, 0.15) is 54.2 Å². The first kappa shape index (κ1) is 23.9. The van der Waals surface area contributed by atoms with Gasteiger partial charge < -0.3 is 16.0 Å². The van der Waals surface area contributed by atoms with Crippen molar-refractivity contribution in [2.75, 3.05) is 17.7 Å². The fourth-order valence-corrected chi connectivity index (χ4v) is 5.89. The molecule has 2 aliphatic rings. The Kier molecular flexibility index (Phi) is 6.57. The predicted octanol–water partition coefficient (Wildman–Crippen LogP) is 6.10. The van der Waals surface area contributed by atoms with E-state index in [0.29, 0.717) is 46.2 Å². The highest BCUT2D eigenvalue weighted by atomic mass is 35.5. The van der Waals surface area contributed by atoms with Gasteiger partial charge in [-0.25, -0.2) is 4.98 Å². The number of carbonyl (C=O) groups is 1. The topological polar surface area (TPSA) is 82.2 Å². The molecule has 0 spiro atoms. The third kappa shape index (κ3) is 4.44. The summed E-state index contributed by atoms with van der Waals surface area (Å²) in [7, 11) is 1.59. The molecule has 1 amide bonds. The standard InChI is InChI=1S/C26H28Cl2N6O/c1-14(2)34-16-9-11-21(34)22-15(12-16)8-10-20(23(22)28)32-26-30-13-18(27)24(33-26)31-19-7-5-4-6-17(19)25(35)29-3/h4-8,10,13-14,16,21H,9,11-12H2,1-3H3,(H,29,35)(H2,30,31,32,33). The van der Waals surface area contributed by atoms with Gasteiger partial charge in [0, 0.05) is 25.2 Å². The maximum absolute atomic E-state index is 12.2. The second-order valence-electron chi connectivity index (χ2n) is 9.26. The van der Waals surface area contributed by atoms with Crippen LogP contribution in [0.2, 0.25) is 10.0 Å². The number of rotatable bonds is 6. The zero-order chi connectivity index (χ0) is 24.7. The Bertz CT molecular complexity index is 1280. The summed E-state index contributed by atoms with van der Waals surface area (Å²) in [6.07, 6.45) is 4.87. The van der Waals surface area contributed by atoms with Crippen LogP contribution in [0, 0.1) is 0 Å². The molecule has 0 saturated carbocycles. The molecule has 0 aliphatic carbocycles. The van der Waals surface area contributed by atoms with Gasteiger partial charge in [-0.2, -0.15) is 4.98 Å². The van der Waals surface area contributed by atoms with Gasteiger partial charge in [0.15, 0.2) is 5.82 Å². The molecule has 182 valence electrons. The van der Waals surface area contributed by atoms with E-state index in [0.717, 1.165) is 23.6 Å². The number of hydrogen-bond donors (Lipinski definition) is 3. The summed E-state index contributed by atoms with van der Waals surface area (Å²) < 4.78 is 0. The van der Waals surface area contributed by atoms with Gasteiger partial charge in [0.2, 0.25) is 5.95 Å². The average molecular weight is 511 g/mol. The Hall–Kier alpha value is -2.87. The predicted molar refractivity (Wildman–Crippen MR) is 141 cm³/mol. The lowest BCUT2D eigenvalue weighted by Crippen LogP contribution is -2.42. The molecular formula is C26H28Cl2N6O. The molecule has 2 bridgehead atoms. The van der Waals surface area contributed by atoms with Crippen molar-refractivity contribution in [3.8, 4) is 0 Å². The van der Waals surface area contributed by atoms with Gasteiger partial charge in [0.25, 0.3) is 5.91 Å². The van der Waals surface area contributed by atoms with Crippen molar-refractivity contribution in [1.82, 2.24) is 20.2 Å². The van der Waals surface area contributed by atoms with E-state index >= 15 is 0 Å². The van der Waals surface area contributed by atoms with Crippen LogP contribution in [0.3, 0.4) is 0 Å². The highest BCUT2D eigenvalue weighted by molar-refractivity contribution is 6.34. The molecule has 3 heterocycles. The van der Waals surface area contributed by atoms with Gasteiger partial charge in [-0.3, -0.25) is 9.69 Å². The van der Waals surface area contributed by atoms with Crippen LogP contribution in [0.15, 0.2) is 42.6 Å². The lowest BCUT2D eigenvalue weighted by atomic mass is 9.91. The minimum Gasteiger partial charge on any atom is -0.355 e. The minimum atomic E-state index is -0.206. The van der Waals surface area contributed by atoms with E-state index in [-0.39, 0.29) is 5.91 Å². The zero-order valence-electron chi connectivity index (χ0n) is 19.9. The zero-order valence-corrected chi connectivity index (χ0v) is 21.4. The highest BCUT2D eigenvalue weighted by Gasteiger charge is 2.42. The number of carbonyl (C=O) groups excluding carboxylic acids is 1. The lowest BCUT2D eigenvalue weighted by molar-refractivity contribution is 0.0964. The number of hydrogen-bond acceptors (Lipinski definition) is 6. The van der Waals surface area contributed by atoms with Gasteiger partial charge in [0.1, 0.15) is 5.02 Å². The van der Waals surface area contributed by atoms with Crippen molar-refractivity contribution in [2.24, 2.45) is 0 Å². The van der Waals surface area contributed by atoms with E-state index in [4.69, 9.17) is 23.2 Å². The monoisotopic (exact) mass is 510 g/mol. The van der Waals surface area contributed by atoms with Crippen molar-refractivity contribution in [3.05, 3.63) is 69.3 Å². The Morgan fingerprint density at radius 1 is 1.09 bits per heavy atom. The minimum absolute atomic E-state index is 0.206. The number of amides is 1. The summed E-state index contributed by atoms with van der Waals surface area (Å²) >= 11 is 13.4. The Balaban J connectivity index is 1.44. The number of para-hydroxylation sites is 1. The van der Waals surface area contributed by atoms with Crippen LogP contribution in [0.5, 0.6) is 0 Å². The van der Waals surface area contributed by atoms with Crippen molar-refractivity contribution >= 4 is 52.3 Å². The molecule has 2 unspecified atom stereocenters. The van der Waals surface area contributed by atoms with E-state index in [1.807, 2.05) is 12.1 Å². The van der Waals surface area contributed by atoms with Crippen molar-refractivity contribution in [3.63, 3.8) is 0 Å². The number of aromatic nitrogens is 2. The summed E-state index contributed by atoms with van der Waals surface area (Å²) in [5, 5.41) is 10.1. The molecule has 1 aromatic heterocycles. The molecule has 2 atom stereocenters. The van der Waals surface area contributed by atoms with E-state index in [1.165, 1.54) is 23.7 Å². The molecular weight excluding hydrogens is 483 g/mol. The van der Waals surface area contributed by atoms with E-state index in [1.54, 1.807) is 25.2 Å². The first-order valence-electron chi connectivity index (χ1n) is 11.8. The molecule has 0 radical (unpaired) electrons. The molecule has 3 N–H and O–H groups in total. The summed E-state index contributed by atoms with van der Waals surface area (Å²) in [6.45, 7) is 4.51. The van der Waals surface area contributed by atoms with Gasteiger partial charge >= 0.3 is 0 Å². The van der Waals surface area contributed by atoms with Crippen LogP contribution < -0.4 is 16.0 Å². The van der Waals surface area contributed by atoms with Gasteiger partial charge in [-0.15, -0.1) is 0 Å². The Labute approximate surface area is 215 Å². The number of halogens is 2. The Morgan fingerprint density at radius 2 is 1.89 bits per heavy atom. The number of nitrogens with one attached hydrogen (secondary N) is 3. The molecule has 35 heavy (non-hydrogen) atoms. The van der Waals surface area contributed by atoms with Gasteiger partial charge in [0.05, 0.1) is 28.2 Å². The molecule has 1 saturated heterocycles. The van der Waals surface area contributed by atoms with Gasteiger partial charge in [-0.1, -0.05) is 41.4 Å². The third-order valence-corrected chi connectivity index (χ3v) is 7.54. The number of nitrogens with zero attached hydrogens (tertiary/aromatic N) is 3. The van der Waals surface area contributed by atoms with Crippen LogP contribution in [-0.4, -0.2) is 39.9 Å². The summed E-state index contributed by atoms with van der Waals surface area (Å²) in [5.74, 6) is 0.540. The maximum atomic E-state index is 12.2. The SMILES string of the molecule is CNC(=O)c1ccccc1Nc1nc(Nc2ccc3c(c2Cl)C2CCC(C3)N2C(C)C)ncc1Cl. The number of anilines is 4. The van der Waals surface area contributed by atoms with Crippen LogP contribution in [-0.2, 0) is 6.42 Å². The highest BCUT2D eigenvalue weighted by Crippen LogP contribution is 2.49. The summed E-state index contributed by atoms with van der Waals surface area (Å²) in [6, 6.07) is 12.7. The molecule has 5 rings (SSSR count). The maximum Gasteiger partial charge on any atom is 0.253 e. The summed E-state index contributed by atoms with van der Waals surface area (Å²) in [4.78, 5) is 23.8. The fraction of sp³-hybridized carbons (Fsp3) is 0.346. The van der Waals surface area contributed by atoms with Gasteiger partial charge in [-0.05, 0) is 62.4 Å². The van der Waals surface area contributed by atoms with E-state index < -0.39 is 0 Å². The second kappa shape index (κ2) is 9.64. The average Bonchev–Trinajstić information content (AvgIpc) is 3.17. The molecule has 7 nitrogen and oxygen atoms in total. The molecule has 2 aromatic carbocycles. The van der Waals surface area contributed by atoms with Crippen LogP contribution in [0.4, 0.5) is 23.1 Å². The second-order valence-corrected chi connectivity index (χ2v) is 10.0. The largest absolute Gasteiger partial charge is 0.355 e. The van der Waals surface area contributed by atoms with Crippen molar-refractivity contribution in [2.45, 2.75) is 51.2 Å². The van der Waals surface area contributed by atoms with Crippen molar-refractivity contribution in [1.29, 1.82) is 0 Å².